The van der Waals surface area contributed by atoms with E-state index in [-0.39, 0.29) is 25.2 Å². The Balaban J connectivity index is 1.64. The van der Waals surface area contributed by atoms with Gasteiger partial charge in [-0.1, -0.05) is 12.8 Å². The number of anilines is 1. The number of hydrogen-bond donors (Lipinski definition) is 2. The van der Waals surface area contributed by atoms with E-state index >= 15 is 0 Å². The molecule has 24 heavy (non-hydrogen) atoms. The van der Waals surface area contributed by atoms with Gasteiger partial charge >= 0.3 is 0 Å². The van der Waals surface area contributed by atoms with Crippen LogP contribution in [0.4, 0.5) is 14.5 Å². The highest BCUT2D eigenvalue weighted by atomic mass is 19.1. The molecule has 0 radical (unpaired) electrons. The van der Waals surface area contributed by atoms with E-state index in [4.69, 9.17) is 0 Å². The molecule has 1 atom stereocenters. The fourth-order valence-corrected chi connectivity index (χ4v) is 3.46. The van der Waals surface area contributed by atoms with Crippen molar-refractivity contribution < 1.29 is 23.5 Å². The lowest BCUT2D eigenvalue weighted by Crippen LogP contribution is -2.44. The molecule has 2 amide bonds. The molecular weight excluding hydrogens is 318 g/mol. The summed E-state index contributed by atoms with van der Waals surface area (Å²) in [6.07, 6.45) is 3.41. The highest BCUT2D eigenvalue weighted by Crippen LogP contribution is 2.30. The summed E-state index contributed by atoms with van der Waals surface area (Å²) >= 11 is 0. The summed E-state index contributed by atoms with van der Waals surface area (Å²) in [7, 11) is 0. The van der Waals surface area contributed by atoms with Crippen LogP contribution in [-0.4, -0.2) is 35.6 Å². The SMILES string of the molecule is O=C(NCC1(O)CCCC1)C1CCN(c2cc(F)cc(F)c2)C1=O. The maximum atomic E-state index is 13.3. The van der Waals surface area contributed by atoms with Crippen molar-refractivity contribution in [3.05, 3.63) is 29.8 Å². The number of halogens is 2. The van der Waals surface area contributed by atoms with E-state index in [1.165, 1.54) is 4.90 Å². The molecule has 1 aromatic rings. The fourth-order valence-electron chi connectivity index (χ4n) is 3.46. The number of hydrogen-bond acceptors (Lipinski definition) is 3. The zero-order valence-electron chi connectivity index (χ0n) is 13.2. The number of carbonyl (C=O) groups excluding carboxylic acids is 2. The van der Waals surface area contributed by atoms with Gasteiger partial charge in [-0.05, 0) is 31.4 Å². The summed E-state index contributed by atoms with van der Waals surface area (Å²) in [4.78, 5) is 25.9. The van der Waals surface area contributed by atoms with Crippen LogP contribution in [0.15, 0.2) is 18.2 Å². The van der Waals surface area contributed by atoms with Gasteiger partial charge in [-0.3, -0.25) is 9.59 Å². The zero-order chi connectivity index (χ0) is 17.3. The van der Waals surface area contributed by atoms with Crippen molar-refractivity contribution in [3.63, 3.8) is 0 Å². The van der Waals surface area contributed by atoms with Crippen molar-refractivity contribution in [2.24, 2.45) is 5.92 Å². The Bertz CT molecular complexity index is 639. The molecule has 1 saturated carbocycles. The van der Waals surface area contributed by atoms with Gasteiger partial charge in [-0.2, -0.15) is 0 Å². The van der Waals surface area contributed by atoms with Crippen molar-refractivity contribution in [2.45, 2.75) is 37.7 Å². The lowest BCUT2D eigenvalue weighted by Gasteiger charge is -2.23. The van der Waals surface area contributed by atoms with Crippen LogP contribution >= 0.6 is 0 Å². The number of nitrogens with zero attached hydrogens (tertiary/aromatic N) is 1. The Morgan fingerprint density at radius 2 is 1.88 bits per heavy atom. The summed E-state index contributed by atoms with van der Waals surface area (Å²) in [6.45, 7) is 0.355. The van der Waals surface area contributed by atoms with Crippen molar-refractivity contribution in [1.82, 2.24) is 5.32 Å². The van der Waals surface area contributed by atoms with Gasteiger partial charge in [-0.25, -0.2) is 8.78 Å². The highest BCUT2D eigenvalue weighted by molar-refractivity contribution is 6.09. The van der Waals surface area contributed by atoms with Gasteiger partial charge < -0.3 is 15.3 Å². The first kappa shape index (κ1) is 16.8. The molecule has 0 spiro atoms. The topological polar surface area (TPSA) is 69.6 Å². The van der Waals surface area contributed by atoms with Crippen molar-refractivity contribution in [1.29, 1.82) is 0 Å². The molecule has 1 aliphatic heterocycles. The number of carbonyl (C=O) groups is 2. The second-order valence-electron chi connectivity index (χ2n) is 6.61. The van der Waals surface area contributed by atoms with Crippen LogP contribution in [0.3, 0.4) is 0 Å². The third-order valence-corrected chi connectivity index (χ3v) is 4.81. The maximum absolute atomic E-state index is 13.3. The number of amides is 2. The predicted molar refractivity (Wildman–Crippen MR) is 83.2 cm³/mol. The first-order chi connectivity index (χ1) is 11.4. The van der Waals surface area contributed by atoms with E-state index in [0.717, 1.165) is 31.0 Å². The Labute approximate surface area is 138 Å². The van der Waals surface area contributed by atoms with E-state index in [9.17, 15) is 23.5 Å². The number of benzene rings is 1. The molecular formula is C17H20F2N2O3. The Hall–Kier alpha value is -2.02. The van der Waals surface area contributed by atoms with Crippen LogP contribution in [0, 0.1) is 17.6 Å². The fraction of sp³-hybridized carbons (Fsp3) is 0.529. The smallest absolute Gasteiger partial charge is 0.239 e. The lowest BCUT2D eigenvalue weighted by molar-refractivity contribution is -0.132. The van der Waals surface area contributed by atoms with Crippen LogP contribution in [0.1, 0.15) is 32.1 Å². The van der Waals surface area contributed by atoms with Crippen molar-refractivity contribution in [2.75, 3.05) is 18.0 Å². The van der Waals surface area contributed by atoms with Crippen LogP contribution in [0.25, 0.3) is 0 Å². The molecule has 2 aliphatic rings. The molecule has 5 nitrogen and oxygen atoms in total. The van der Waals surface area contributed by atoms with Gasteiger partial charge in [0.25, 0.3) is 0 Å². The highest BCUT2D eigenvalue weighted by Gasteiger charge is 2.39. The first-order valence-electron chi connectivity index (χ1n) is 8.16. The summed E-state index contributed by atoms with van der Waals surface area (Å²) < 4.78 is 26.6. The summed E-state index contributed by atoms with van der Waals surface area (Å²) in [5.74, 6) is -3.35. The second kappa shape index (κ2) is 6.47. The average molecular weight is 338 g/mol. The summed E-state index contributed by atoms with van der Waals surface area (Å²) in [5.41, 5.74) is -0.773. The Morgan fingerprint density at radius 3 is 2.50 bits per heavy atom. The molecule has 1 saturated heterocycles. The number of rotatable bonds is 4. The minimum Gasteiger partial charge on any atom is -0.388 e. The molecule has 3 rings (SSSR count). The molecule has 1 aliphatic carbocycles. The first-order valence-corrected chi connectivity index (χ1v) is 8.16. The van der Waals surface area contributed by atoms with Gasteiger partial charge in [0.1, 0.15) is 17.6 Å². The molecule has 1 aromatic carbocycles. The minimum atomic E-state index is -0.888. The van der Waals surface area contributed by atoms with Crippen LogP contribution < -0.4 is 10.2 Å². The molecule has 2 N–H and O–H groups in total. The maximum Gasteiger partial charge on any atom is 0.239 e. The monoisotopic (exact) mass is 338 g/mol. The summed E-state index contributed by atoms with van der Waals surface area (Å²) in [6, 6.07) is 2.88. The molecule has 0 aromatic heterocycles. The second-order valence-corrected chi connectivity index (χ2v) is 6.61. The summed E-state index contributed by atoms with van der Waals surface area (Å²) in [5, 5.41) is 12.9. The average Bonchev–Trinajstić information content (AvgIpc) is 3.11. The minimum absolute atomic E-state index is 0.113. The quantitative estimate of drug-likeness (QED) is 0.822. The van der Waals surface area contributed by atoms with Crippen LogP contribution in [0.2, 0.25) is 0 Å². The lowest BCUT2D eigenvalue weighted by atomic mass is 10.0. The van der Waals surface area contributed by atoms with Gasteiger partial charge in [0.2, 0.25) is 11.8 Å². The third kappa shape index (κ3) is 3.40. The van der Waals surface area contributed by atoms with Crippen LogP contribution in [0.5, 0.6) is 0 Å². The van der Waals surface area contributed by atoms with E-state index in [2.05, 4.69) is 5.32 Å². The molecule has 130 valence electrons. The zero-order valence-corrected chi connectivity index (χ0v) is 13.2. The van der Waals surface area contributed by atoms with Gasteiger partial charge in [-0.15, -0.1) is 0 Å². The number of aliphatic hydroxyl groups is 1. The predicted octanol–water partition coefficient (Wildman–Crippen LogP) is 1.74. The normalized spacial score (nSPS) is 22.9. The Kier molecular flexibility index (Phi) is 4.54. The largest absolute Gasteiger partial charge is 0.388 e. The Morgan fingerprint density at radius 1 is 1.25 bits per heavy atom. The molecule has 0 bridgehead atoms. The molecule has 1 unspecified atom stereocenters. The van der Waals surface area contributed by atoms with Gasteiger partial charge in [0.15, 0.2) is 0 Å². The van der Waals surface area contributed by atoms with Crippen molar-refractivity contribution in [3.8, 4) is 0 Å². The third-order valence-electron chi connectivity index (χ3n) is 4.81. The van der Waals surface area contributed by atoms with E-state index < -0.39 is 35.0 Å². The number of nitrogens with one attached hydrogen (secondary N) is 1. The van der Waals surface area contributed by atoms with Gasteiger partial charge in [0.05, 0.1) is 5.60 Å². The van der Waals surface area contributed by atoms with Crippen LogP contribution in [-0.2, 0) is 9.59 Å². The van der Waals surface area contributed by atoms with Crippen molar-refractivity contribution >= 4 is 17.5 Å². The standard InChI is InChI=1S/C17H20F2N2O3/c18-11-7-12(19)9-13(8-11)21-6-3-14(16(21)23)15(22)20-10-17(24)4-1-2-5-17/h7-9,14,24H,1-6,10H2,(H,20,22). The van der Waals surface area contributed by atoms with E-state index in [0.29, 0.717) is 12.8 Å². The molecule has 2 fully saturated rings. The molecule has 1 heterocycles. The molecule has 7 heteroatoms. The van der Waals surface area contributed by atoms with E-state index in [1.807, 2.05) is 0 Å². The van der Waals surface area contributed by atoms with Gasteiger partial charge in [0, 0.05) is 24.8 Å². The van der Waals surface area contributed by atoms with E-state index in [1.54, 1.807) is 0 Å².